The minimum Gasteiger partial charge on any atom is -0.411 e. The number of thioether (sulfide) groups is 1. The number of benzene rings is 2. The van der Waals surface area contributed by atoms with Crippen LogP contribution in [0.5, 0.6) is 0 Å². The first kappa shape index (κ1) is 20.1. The van der Waals surface area contributed by atoms with Gasteiger partial charge >= 0.3 is 0 Å². The third kappa shape index (κ3) is 4.62. The van der Waals surface area contributed by atoms with E-state index in [2.05, 4.69) is 35.4 Å². The minimum atomic E-state index is -0.366. The van der Waals surface area contributed by atoms with Crippen LogP contribution in [0.3, 0.4) is 0 Å². The molecule has 3 rings (SSSR count). The number of anilines is 1. The van der Waals surface area contributed by atoms with Crippen molar-refractivity contribution in [1.82, 2.24) is 10.2 Å². The van der Waals surface area contributed by atoms with E-state index in [9.17, 15) is 4.79 Å². The first-order valence-electron chi connectivity index (χ1n) is 9.45. The van der Waals surface area contributed by atoms with Crippen molar-refractivity contribution in [2.45, 2.75) is 50.5 Å². The Morgan fingerprint density at radius 2 is 1.82 bits per heavy atom. The normalized spacial score (nSPS) is 13.1. The molecule has 1 aromatic heterocycles. The number of rotatable bonds is 7. The standard InChI is InChI=1S/C22H25N3O2S/c1-5-14(2)17-11-8-9-13-19(17)23-20(26)16(4)28-22-25-24-21(27-22)18-12-7-6-10-15(18)3/h6-14,16H,5H2,1-4H3,(H,23,26)/t14-,16+/m1/s1. The van der Waals surface area contributed by atoms with Crippen molar-refractivity contribution in [2.75, 3.05) is 5.32 Å². The van der Waals surface area contributed by atoms with Crippen molar-refractivity contribution in [3.63, 3.8) is 0 Å². The lowest BCUT2D eigenvalue weighted by atomic mass is 9.97. The van der Waals surface area contributed by atoms with Crippen LogP contribution in [0.1, 0.15) is 44.2 Å². The zero-order valence-electron chi connectivity index (χ0n) is 16.6. The second-order valence-electron chi connectivity index (χ2n) is 6.83. The van der Waals surface area contributed by atoms with Crippen molar-refractivity contribution >= 4 is 23.4 Å². The van der Waals surface area contributed by atoms with Gasteiger partial charge in [-0.3, -0.25) is 4.79 Å². The maximum atomic E-state index is 12.7. The van der Waals surface area contributed by atoms with Crippen molar-refractivity contribution in [2.24, 2.45) is 0 Å². The summed E-state index contributed by atoms with van der Waals surface area (Å²) in [5.74, 6) is 0.763. The fourth-order valence-electron chi connectivity index (χ4n) is 2.88. The lowest BCUT2D eigenvalue weighted by molar-refractivity contribution is -0.115. The smallest absolute Gasteiger partial charge is 0.277 e. The van der Waals surface area contributed by atoms with E-state index in [1.807, 2.05) is 56.3 Å². The molecule has 0 bridgehead atoms. The number of carbonyl (C=O) groups excluding carboxylic acids is 1. The molecule has 1 N–H and O–H groups in total. The van der Waals surface area contributed by atoms with Crippen molar-refractivity contribution in [1.29, 1.82) is 0 Å². The van der Waals surface area contributed by atoms with Gasteiger partial charge in [0.1, 0.15) is 0 Å². The van der Waals surface area contributed by atoms with Crippen LogP contribution >= 0.6 is 11.8 Å². The van der Waals surface area contributed by atoms with E-state index in [0.717, 1.165) is 28.8 Å². The van der Waals surface area contributed by atoms with Gasteiger partial charge in [-0.1, -0.05) is 62.0 Å². The molecule has 1 heterocycles. The molecule has 0 fully saturated rings. The highest BCUT2D eigenvalue weighted by Crippen LogP contribution is 2.30. The lowest BCUT2D eigenvalue weighted by Crippen LogP contribution is -2.23. The third-order valence-corrected chi connectivity index (χ3v) is 5.72. The van der Waals surface area contributed by atoms with E-state index in [-0.39, 0.29) is 11.2 Å². The Morgan fingerprint density at radius 3 is 2.57 bits per heavy atom. The summed E-state index contributed by atoms with van der Waals surface area (Å²) in [6, 6.07) is 15.8. The zero-order chi connectivity index (χ0) is 20.1. The summed E-state index contributed by atoms with van der Waals surface area (Å²) >= 11 is 1.26. The number of amides is 1. The molecule has 0 saturated carbocycles. The molecule has 2 atom stereocenters. The van der Waals surface area contributed by atoms with Crippen LogP contribution in [0.15, 0.2) is 58.2 Å². The van der Waals surface area contributed by atoms with E-state index in [1.54, 1.807) is 0 Å². The largest absolute Gasteiger partial charge is 0.411 e. The van der Waals surface area contributed by atoms with Crippen LogP contribution in [-0.4, -0.2) is 21.4 Å². The predicted molar refractivity (Wildman–Crippen MR) is 114 cm³/mol. The number of hydrogen-bond acceptors (Lipinski definition) is 5. The van der Waals surface area contributed by atoms with Crippen LogP contribution < -0.4 is 5.32 Å². The molecule has 5 nitrogen and oxygen atoms in total. The quantitative estimate of drug-likeness (QED) is 0.521. The number of hydrogen-bond donors (Lipinski definition) is 1. The van der Waals surface area contributed by atoms with Gasteiger partial charge < -0.3 is 9.73 Å². The first-order valence-corrected chi connectivity index (χ1v) is 10.3. The Morgan fingerprint density at radius 1 is 1.11 bits per heavy atom. The predicted octanol–water partition coefficient (Wildman–Crippen LogP) is 5.68. The van der Waals surface area contributed by atoms with Crippen LogP contribution in [0.4, 0.5) is 5.69 Å². The maximum Gasteiger partial charge on any atom is 0.277 e. The van der Waals surface area contributed by atoms with Gasteiger partial charge in [0, 0.05) is 11.3 Å². The number of nitrogens with zero attached hydrogens (tertiary/aromatic N) is 2. The SMILES string of the molecule is CC[C@@H](C)c1ccccc1NC(=O)[C@H](C)Sc1nnc(-c2ccccc2C)o1. The molecular weight excluding hydrogens is 370 g/mol. The van der Waals surface area contributed by atoms with Crippen LogP contribution in [0, 0.1) is 6.92 Å². The summed E-state index contributed by atoms with van der Waals surface area (Å²) in [4.78, 5) is 12.7. The summed E-state index contributed by atoms with van der Waals surface area (Å²) in [5.41, 5.74) is 3.98. The van der Waals surface area contributed by atoms with Gasteiger partial charge in [-0.15, -0.1) is 10.2 Å². The highest BCUT2D eigenvalue weighted by atomic mass is 32.2. The van der Waals surface area contributed by atoms with Crippen molar-refractivity contribution in [3.8, 4) is 11.5 Å². The van der Waals surface area contributed by atoms with E-state index in [4.69, 9.17) is 4.42 Å². The van der Waals surface area contributed by atoms with Gasteiger partial charge in [-0.25, -0.2) is 0 Å². The van der Waals surface area contributed by atoms with Gasteiger partial charge in [-0.2, -0.15) is 0 Å². The van der Waals surface area contributed by atoms with E-state index >= 15 is 0 Å². The van der Waals surface area contributed by atoms with Gasteiger partial charge in [0.05, 0.1) is 5.25 Å². The topological polar surface area (TPSA) is 68.0 Å². The minimum absolute atomic E-state index is 0.0867. The number of aromatic nitrogens is 2. The molecule has 0 aliphatic carbocycles. The number of aryl methyl sites for hydroxylation is 1. The average molecular weight is 396 g/mol. The molecule has 3 aromatic rings. The Balaban J connectivity index is 1.68. The molecule has 6 heteroatoms. The molecule has 2 aromatic carbocycles. The molecule has 0 unspecified atom stereocenters. The molecule has 0 spiro atoms. The molecule has 0 aliphatic rings. The lowest BCUT2D eigenvalue weighted by Gasteiger charge is -2.17. The highest BCUT2D eigenvalue weighted by molar-refractivity contribution is 8.00. The molecule has 0 aliphatic heterocycles. The van der Waals surface area contributed by atoms with Gasteiger partial charge in [-0.05, 0) is 49.4 Å². The number of nitrogens with one attached hydrogen (secondary N) is 1. The second kappa shape index (κ2) is 9.06. The van der Waals surface area contributed by atoms with E-state index in [0.29, 0.717) is 17.0 Å². The monoisotopic (exact) mass is 395 g/mol. The van der Waals surface area contributed by atoms with Crippen molar-refractivity contribution < 1.29 is 9.21 Å². The summed E-state index contributed by atoms with van der Waals surface area (Å²) in [6.45, 7) is 8.14. The Bertz CT molecular complexity index is 954. The van der Waals surface area contributed by atoms with Gasteiger partial charge in [0.2, 0.25) is 11.8 Å². The van der Waals surface area contributed by atoms with E-state index < -0.39 is 0 Å². The summed E-state index contributed by atoms with van der Waals surface area (Å²) in [6.07, 6.45) is 1.01. The summed E-state index contributed by atoms with van der Waals surface area (Å²) in [7, 11) is 0. The second-order valence-corrected chi connectivity index (χ2v) is 8.13. The Kier molecular flexibility index (Phi) is 6.52. The summed E-state index contributed by atoms with van der Waals surface area (Å²) in [5, 5.41) is 11.3. The molecular formula is C22H25N3O2S. The fraction of sp³-hybridized carbons (Fsp3) is 0.318. The number of para-hydroxylation sites is 1. The van der Waals surface area contributed by atoms with Crippen LogP contribution in [-0.2, 0) is 4.79 Å². The van der Waals surface area contributed by atoms with Gasteiger partial charge in [0.25, 0.3) is 5.22 Å². The molecule has 1 amide bonds. The molecule has 0 saturated heterocycles. The first-order chi connectivity index (χ1) is 13.5. The maximum absolute atomic E-state index is 12.7. The Hall–Kier alpha value is -2.60. The fourth-order valence-corrected chi connectivity index (χ4v) is 3.56. The van der Waals surface area contributed by atoms with E-state index in [1.165, 1.54) is 11.8 Å². The van der Waals surface area contributed by atoms with Crippen LogP contribution in [0.2, 0.25) is 0 Å². The average Bonchev–Trinajstić information content (AvgIpc) is 3.16. The zero-order valence-corrected chi connectivity index (χ0v) is 17.4. The molecule has 28 heavy (non-hydrogen) atoms. The Labute approximate surface area is 170 Å². The van der Waals surface area contributed by atoms with Crippen LogP contribution in [0.25, 0.3) is 11.5 Å². The highest BCUT2D eigenvalue weighted by Gasteiger charge is 2.20. The number of carbonyl (C=O) groups is 1. The van der Waals surface area contributed by atoms with Crippen molar-refractivity contribution in [3.05, 3.63) is 59.7 Å². The molecule has 0 radical (unpaired) electrons. The molecule has 146 valence electrons. The third-order valence-electron chi connectivity index (χ3n) is 4.79. The van der Waals surface area contributed by atoms with Gasteiger partial charge in [0.15, 0.2) is 0 Å². The summed E-state index contributed by atoms with van der Waals surface area (Å²) < 4.78 is 5.76.